The van der Waals surface area contributed by atoms with Crippen LogP contribution in [-0.4, -0.2) is 66.5 Å². The van der Waals surface area contributed by atoms with Crippen molar-refractivity contribution in [3.8, 4) is 0 Å². The van der Waals surface area contributed by atoms with E-state index in [1.807, 2.05) is 4.90 Å². The van der Waals surface area contributed by atoms with Gasteiger partial charge in [-0.15, -0.1) is 0 Å². The molecule has 1 amide bonds. The van der Waals surface area contributed by atoms with E-state index in [9.17, 15) is 18.0 Å². The second kappa shape index (κ2) is 10.4. The summed E-state index contributed by atoms with van der Waals surface area (Å²) in [5.74, 6) is 0.571. The van der Waals surface area contributed by atoms with Crippen molar-refractivity contribution in [1.82, 2.24) is 14.8 Å². The van der Waals surface area contributed by atoms with Crippen LogP contribution in [0.4, 0.5) is 19.0 Å². The number of hydrogen-bond donors (Lipinski definition) is 0. The number of hydrogen-bond acceptors (Lipinski definition) is 4. The van der Waals surface area contributed by atoms with Gasteiger partial charge in [-0.05, 0) is 56.7 Å². The standard InChI is InChI=1S/C24H35F3N4O/c25-24(26,27)21-10-4-11-28-22(21)31-13-5-9-20(18-31)23(32)30-14-6-12-29(15-16-30)17-19-7-2-1-3-8-19/h4,10-11,19-20H,1-3,5-9,12-18H2. The van der Waals surface area contributed by atoms with Crippen molar-refractivity contribution in [2.24, 2.45) is 11.8 Å². The second-order valence-corrected chi connectivity index (χ2v) is 9.64. The van der Waals surface area contributed by atoms with Crippen molar-refractivity contribution >= 4 is 11.7 Å². The third kappa shape index (κ3) is 5.74. The van der Waals surface area contributed by atoms with Gasteiger partial charge in [0.25, 0.3) is 0 Å². The van der Waals surface area contributed by atoms with Gasteiger partial charge in [-0.1, -0.05) is 19.3 Å². The van der Waals surface area contributed by atoms with Crippen molar-refractivity contribution in [3.05, 3.63) is 23.9 Å². The lowest BCUT2D eigenvalue weighted by Crippen LogP contribution is -2.46. The van der Waals surface area contributed by atoms with Crippen molar-refractivity contribution in [2.75, 3.05) is 50.7 Å². The maximum absolute atomic E-state index is 13.5. The van der Waals surface area contributed by atoms with Gasteiger partial charge in [0.05, 0.1) is 11.5 Å². The highest BCUT2D eigenvalue weighted by Crippen LogP contribution is 2.36. The van der Waals surface area contributed by atoms with E-state index in [1.165, 1.54) is 44.4 Å². The first-order valence-corrected chi connectivity index (χ1v) is 12.2. The Morgan fingerprint density at radius 2 is 1.78 bits per heavy atom. The third-order valence-electron chi connectivity index (χ3n) is 7.30. The number of anilines is 1. The number of carbonyl (C=O) groups is 1. The van der Waals surface area contributed by atoms with Crippen LogP contribution in [0, 0.1) is 11.8 Å². The smallest absolute Gasteiger partial charge is 0.355 e. The van der Waals surface area contributed by atoms with Crippen LogP contribution in [0.1, 0.15) is 56.9 Å². The molecule has 2 saturated heterocycles. The number of nitrogens with zero attached hydrogens (tertiary/aromatic N) is 4. The predicted molar refractivity (Wildman–Crippen MR) is 118 cm³/mol. The SMILES string of the molecule is O=C(C1CCCN(c2ncccc2C(F)(F)F)C1)N1CCCN(CC2CCCCC2)CC1. The molecule has 0 aromatic carbocycles. The van der Waals surface area contributed by atoms with Gasteiger partial charge in [-0.25, -0.2) is 4.98 Å². The molecule has 178 valence electrons. The first-order valence-electron chi connectivity index (χ1n) is 12.2. The van der Waals surface area contributed by atoms with Crippen molar-refractivity contribution in [1.29, 1.82) is 0 Å². The van der Waals surface area contributed by atoms with E-state index < -0.39 is 11.7 Å². The minimum atomic E-state index is -4.45. The Balaban J connectivity index is 1.35. The summed E-state index contributed by atoms with van der Waals surface area (Å²) in [5.41, 5.74) is -0.721. The molecule has 0 spiro atoms. The Morgan fingerprint density at radius 1 is 0.969 bits per heavy atom. The van der Waals surface area contributed by atoms with E-state index in [2.05, 4.69) is 9.88 Å². The molecular formula is C24H35F3N4O. The van der Waals surface area contributed by atoms with Crippen LogP contribution in [-0.2, 0) is 11.0 Å². The van der Waals surface area contributed by atoms with E-state index in [0.29, 0.717) is 19.5 Å². The number of alkyl halides is 3. The molecule has 2 aliphatic heterocycles. The van der Waals surface area contributed by atoms with Gasteiger partial charge in [0, 0.05) is 45.5 Å². The average Bonchev–Trinajstić information content (AvgIpc) is 3.04. The van der Waals surface area contributed by atoms with Gasteiger partial charge < -0.3 is 14.7 Å². The third-order valence-corrected chi connectivity index (χ3v) is 7.30. The van der Waals surface area contributed by atoms with E-state index in [0.717, 1.165) is 57.5 Å². The van der Waals surface area contributed by atoms with Crippen LogP contribution in [0.3, 0.4) is 0 Å². The van der Waals surface area contributed by atoms with Gasteiger partial charge in [-0.2, -0.15) is 13.2 Å². The van der Waals surface area contributed by atoms with Crippen molar-refractivity contribution in [2.45, 2.75) is 57.5 Å². The minimum Gasteiger partial charge on any atom is -0.355 e. The Morgan fingerprint density at radius 3 is 2.56 bits per heavy atom. The lowest BCUT2D eigenvalue weighted by Gasteiger charge is -2.36. The highest BCUT2D eigenvalue weighted by atomic mass is 19.4. The van der Waals surface area contributed by atoms with Gasteiger partial charge in [-0.3, -0.25) is 4.79 Å². The number of piperidine rings is 1. The lowest BCUT2D eigenvalue weighted by molar-refractivity contribution is -0.137. The van der Waals surface area contributed by atoms with E-state index >= 15 is 0 Å². The van der Waals surface area contributed by atoms with Crippen molar-refractivity contribution in [3.63, 3.8) is 0 Å². The fraction of sp³-hybridized carbons (Fsp3) is 0.750. The molecule has 8 heteroatoms. The van der Waals surface area contributed by atoms with E-state index in [1.54, 1.807) is 4.90 Å². The van der Waals surface area contributed by atoms with Crippen LogP contribution >= 0.6 is 0 Å². The molecule has 3 heterocycles. The summed E-state index contributed by atoms with van der Waals surface area (Å²) in [4.78, 5) is 23.5. The number of halogens is 3. The molecule has 3 aliphatic rings. The Bertz CT molecular complexity index is 766. The fourth-order valence-corrected chi connectivity index (χ4v) is 5.61. The summed E-state index contributed by atoms with van der Waals surface area (Å²) in [6, 6.07) is 2.39. The summed E-state index contributed by atoms with van der Waals surface area (Å²) < 4.78 is 40.4. The molecule has 0 N–H and O–H groups in total. The quantitative estimate of drug-likeness (QED) is 0.678. The summed E-state index contributed by atoms with van der Waals surface area (Å²) in [7, 11) is 0. The summed E-state index contributed by atoms with van der Waals surface area (Å²) >= 11 is 0. The zero-order valence-corrected chi connectivity index (χ0v) is 18.8. The van der Waals surface area contributed by atoms with Crippen LogP contribution in [0.15, 0.2) is 18.3 Å². The second-order valence-electron chi connectivity index (χ2n) is 9.64. The Kier molecular flexibility index (Phi) is 7.59. The van der Waals surface area contributed by atoms with Crippen molar-refractivity contribution < 1.29 is 18.0 Å². The molecule has 1 saturated carbocycles. The van der Waals surface area contributed by atoms with Crippen LogP contribution in [0.25, 0.3) is 0 Å². The highest BCUT2D eigenvalue weighted by molar-refractivity contribution is 5.80. The minimum absolute atomic E-state index is 0.0491. The van der Waals surface area contributed by atoms with E-state index in [-0.39, 0.29) is 17.6 Å². The maximum Gasteiger partial charge on any atom is 0.419 e. The van der Waals surface area contributed by atoms with Gasteiger partial charge in [0.15, 0.2) is 0 Å². The molecule has 1 unspecified atom stereocenters. The van der Waals surface area contributed by atoms with Crippen LogP contribution in [0.5, 0.6) is 0 Å². The number of amides is 1. The largest absolute Gasteiger partial charge is 0.419 e. The van der Waals surface area contributed by atoms with Crippen LogP contribution < -0.4 is 4.90 Å². The number of pyridine rings is 1. The fourth-order valence-electron chi connectivity index (χ4n) is 5.61. The number of carbonyl (C=O) groups excluding carboxylic acids is 1. The predicted octanol–water partition coefficient (Wildman–Crippen LogP) is 4.43. The molecule has 1 aliphatic carbocycles. The first-order chi connectivity index (χ1) is 15.4. The molecule has 1 aromatic heterocycles. The molecular weight excluding hydrogens is 417 g/mol. The highest BCUT2D eigenvalue weighted by Gasteiger charge is 2.38. The van der Waals surface area contributed by atoms with Gasteiger partial charge in [0.2, 0.25) is 5.91 Å². The first kappa shape index (κ1) is 23.3. The van der Waals surface area contributed by atoms with Gasteiger partial charge in [0.1, 0.15) is 5.82 Å². The normalized spacial score (nSPS) is 24.4. The summed E-state index contributed by atoms with van der Waals surface area (Å²) in [6.45, 7) is 5.34. The Hall–Kier alpha value is -1.83. The number of aromatic nitrogens is 1. The average molecular weight is 453 g/mol. The topological polar surface area (TPSA) is 39.7 Å². The number of rotatable bonds is 4. The maximum atomic E-state index is 13.5. The Labute approximate surface area is 189 Å². The molecule has 5 nitrogen and oxygen atoms in total. The van der Waals surface area contributed by atoms with E-state index in [4.69, 9.17) is 0 Å². The molecule has 32 heavy (non-hydrogen) atoms. The summed E-state index contributed by atoms with van der Waals surface area (Å²) in [6.07, 6.45) is 6.03. The lowest BCUT2D eigenvalue weighted by atomic mass is 9.89. The van der Waals surface area contributed by atoms with Gasteiger partial charge >= 0.3 is 6.18 Å². The molecule has 1 atom stereocenters. The molecule has 0 bridgehead atoms. The zero-order chi connectivity index (χ0) is 22.6. The molecule has 3 fully saturated rings. The summed E-state index contributed by atoms with van der Waals surface area (Å²) in [5, 5.41) is 0. The molecule has 0 radical (unpaired) electrons. The zero-order valence-electron chi connectivity index (χ0n) is 18.8. The van der Waals surface area contributed by atoms with Crippen LogP contribution in [0.2, 0.25) is 0 Å². The molecule has 4 rings (SSSR count). The monoisotopic (exact) mass is 452 g/mol. The molecule has 1 aromatic rings.